The lowest BCUT2D eigenvalue weighted by atomic mass is 10.1. The highest BCUT2D eigenvalue weighted by molar-refractivity contribution is 5.32. The largest absolute Gasteiger partial charge is 0.373 e. The normalized spacial score (nSPS) is 30.8. The van der Waals surface area contributed by atoms with E-state index in [1.54, 1.807) is 0 Å². The molecule has 2 saturated heterocycles. The Morgan fingerprint density at radius 2 is 1.90 bits per heavy atom. The van der Waals surface area contributed by atoms with Crippen molar-refractivity contribution in [2.24, 2.45) is 0 Å². The highest BCUT2D eigenvalue weighted by atomic mass is 19.1. The van der Waals surface area contributed by atoms with Gasteiger partial charge in [-0.3, -0.25) is 4.90 Å². The molecule has 3 heterocycles. The van der Waals surface area contributed by atoms with E-state index in [4.69, 9.17) is 4.74 Å². The topological polar surface area (TPSA) is 41.5 Å². The fourth-order valence-corrected chi connectivity index (χ4v) is 3.47. The van der Waals surface area contributed by atoms with E-state index >= 15 is 0 Å². The number of rotatable bonds is 3. The molecule has 3 atom stereocenters. The molecule has 2 aliphatic heterocycles. The van der Waals surface area contributed by atoms with Crippen LogP contribution in [0.15, 0.2) is 12.4 Å². The molecule has 0 saturated carbocycles. The van der Waals surface area contributed by atoms with Crippen molar-refractivity contribution in [2.45, 2.75) is 44.9 Å². The van der Waals surface area contributed by atoms with Gasteiger partial charge in [-0.15, -0.1) is 0 Å². The Labute approximate surface area is 125 Å². The number of nitrogens with zero attached hydrogens (tertiary/aromatic N) is 4. The summed E-state index contributed by atoms with van der Waals surface area (Å²) in [4.78, 5) is 12.9. The first-order valence-electron chi connectivity index (χ1n) is 7.74. The standard InChI is InChI=1S/C15H23FN4O/c1-11-8-19(9-12(2)21-11)10-14-4-3-5-20(14)15-17-6-13(16)7-18-15/h6-7,11-12,14H,3-5,8-10H2,1-2H3/t11-,12-,14+/m1/s1. The van der Waals surface area contributed by atoms with Crippen molar-refractivity contribution in [3.63, 3.8) is 0 Å². The molecule has 2 aliphatic rings. The summed E-state index contributed by atoms with van der Waals surface area (Å²) in [5.74, 6) is 0.263. The Balaban J connectivity index is 1.65. The molecule has 1 aromatic rings. The minimum absolute atomic E-state index is 0.283. The molecule has 0 N–H and O–H groups in total. The maximum atomic E-state index is 13.0. The summed E-state index contributed by atoms with van der Waals surface area (Å²) in [5.41, 5.74) is 0. The summed E-state index contributed by atoms with van der Waals surface area (Å²) in [6.45, 7) is 8.14. The highest BCUT2D eigenvalue weighted by Crippen LogP contribution is 2.24. The number of aromatic nitrogens is 2. The van der Waals surface area contributed by atoms with Gasteiger partial charge in [-0.2, -0.15) is 0 Å². The first-order valence-corrected chi connectivity index (χ1v) is 7.74. The van der Waals surface area contributed by atoms with Crippen molar-refractivity contribution < 1.29 is 9.13 Å². The van der Waals surface area contributed by atoms with E-state index in [-0.39, 0.29) is 18.0 Å². The van der Waals surface area contributed by atoms with Crippen LogP contribution in [0.4, 0.5) is 10.3 Å². The van der Waals surface area contributed by atoms with Gasteiger partial charge < -0.3 is 9.64 Å². The SMILES string of the molecule is C[C@@H]1CN(C[C@@H]2CCCN2c2ncc(F)cn2)C[C@@H](C)O1. The van der Waals surface area contributed by atoms with Gasteiger partial charge in [0.25, 0.3) is 0 Å². The lowest BCUT2D eigenvalue weighted by Gasteiger charge is -2.38. The lowest BCUT2D eigenvalue weighted by Crippen LogP contribution is -2.50. The second kappa shape index (κ2) is 6.23. The molecular formula is C15H23FN4O. The van der Waals surface area contributed by atoms with Gasteiger partial charge in [-0.25, -0.2) is 14.4 Å². The van der Waals surface area contributed by atoms with Crippen molar-refractivity contribution in [3.8, 4) is 0 Å². The van der Waals surface area contributed by atoms with Gasteiger partial charge in [-0.05, 0) is 26.7 Å². The summed E-state index contributed by atoms with van der Waals surface area (Å²) in [6.07, 6.45) is 5.34. The van der Waals surface area contributed by atoms with Crippen LogP contribution in [-0.4, -0.2) is 59.3 Å². The zero-order chi connectivity index (χ0) is 14.8. The maximum Gasteiger partial charge on any atom is 0.225 e. The number of halogens is 1. The Bertz CT molecular complexity index is 459. The maximum absolute atomic E-state index is 13.0. The molecule has 0 unspecified atom stereocenters. The van der Waals surface area contributed by atoms with Gasteiger partial charge in [0.1, 0.15) is 0 Å². The average molecular weight is 294 g/mol. The third-order valence-corrected chi connectivity index (χ3v) is 4.20. The van der Waals surface area contributed by atoms with E-state index in [0.29, 0.717) is 12.0 Å². The Morgan fingerprint density at radius 1 is 1.24 bits per heavy atom. The van der Waals surface area contributed by atoms with E-state index in [1.807, 2.05) is 0 Å². The molecule has 0 amide bonds. The van der Waals surface area contributed by atoms with Crippen LogP contribution in [0, 0.1) is 5.82 Å². The van der Waals surface area contributed by atoms with Crippen LogP contribution >= 0.6 is 0 Å². The zero-order valence-electron chi connectivity index (χ0n) is 12.7. The monoisotopic (exact) mass is 294 g/mol. The van der Waals surface area contributed by atoms with E-state index in [0.717, 1.165) is 39.0 Å². The summed E-state index contributed by atoms with van der Waals surface area (Å²) in [7, 11) is 0. The molecule has 0 bridgehead atoms. The Morgan fingerprint density at radius 3 is 2.57 bits per heavy atom. The third-order valence-electron chi connectivity index (χ3n) is 4.20. The smallest absolute Gasteiger partial charge is 0.225 e. The van der Waals surface area contributed by atoms with Crippen LogP contribution in [0.25, 0.3) is 0 Å². The van der Waals surface area contributed by atoms with Crippen molar-refractivity contribution in [1.29, 1.82) is 0 Å². The molecule has 5 nitrogen and oxygen atoms in total. The van der Waals surface area contributed by atoms with Crippen molar-refractivity contribution >= 4 is 5.95 Å². The van der Waals surface area contributed by atoms with Crippen molar-refractivity contribution in [3.05, 3.63) is 18.2 Å². The summed E-state index contributed by atoms with van der Waals surface area (Å²) in [5, 5.41) is 0. The highest BCUT2D eigenvalue weighted by Gasteiger charge is 2.31. The Kier molecular flexibility index (Phi) is 4.35. The van der Waals surface area contributed by atoms with Gasteiger partial charge in [0.2, 0.25) is 5.95 Å². The summed E-state index contributed by atoms with van der Waals surface area (Å²) < 4.78 is 18.7. The number of hydrogen-bond acceptors (Lipinski definition) is 5. The molecule has 21 heavy (non-hydrogen) atoms. The molecule has 0 radical (unpaired) electrons. The van der Waals surface area contributed by atoms with Crippen LogP contribution in [0.1, 0.15) is 26.7 Å². The fourth-order valence-electron chi connectivity index (χ4n) is 3.47. The minimum Gasteiger partial charge on any atom is -0.373 e. The lowest BCUT2D eigenvalue weighted by molar-refractivity contribution is -0.0690. The molecule has 6 heteroatoms. The fraction of sp³-hybridized carbons (Fsp3) is 0.733. The molecule has 0 aliphatic carbocycles. The van der Waals surface area contributed by atoms with Crippen LogP contribution < -0.4 is 4.90 Å². The number of ether oxygens (including phenoxy) is 1. The first kappa shape index (κ1) is 14.7. The van der Waals surface area contributed by atoms with Crippen LogP contribution in [0.2, 0.25) is 0 Å². The van der Waals surface area contributed by atoms with Crippen molar-refractivity contribution in [1.82, 2.24) is 14.9 Å². The van der Waals surface area contributed by atoms with Gasteiger partial charge in [0.05, 0.1) is 24.6 Å². The van der Waals surface area contributed by atoms with E-state index in [1.165, 1.54) is 12.4 Å². The molecule has 1 aromatic heterocycles. The summed E-state index contributed by atoms with van der Waals surface area (Å²) in [6, 6.07) is 0.410. The molecule has 2 fully saturated rings. The zero-order valence-corrected chi connectivity index (χ0v) is 12.7. The molecule has 3 rings (SSSR count). The molecule has 0 aromatic carbocycles. The quantitative estimate of drug-likeness (QED) is 0.848. The van der Waals surface area contributed by atoms with E-state index in [9.17, 15) is 4.39 Å². The molecule has 116 valence electrons. The average Bonchev–Trinajstić information content (AvgIpc) is 2.86. The summed E-state index contributed by atoms with van der Waals surface area (Å²) >= 11 is 0. The second-order valence-corrected chi connectivity index (χ2v) is 6.17. The van der Waals surface area contributed by atoms with Gasteiger partial charge in [0.15, 0.2) is 5.82 Å². The minimum atomic E-state index is -0.384. The predicted molar refractivity (Wildman–Crippen MR) is 78.8 cm³/mol. The van der Waals surface area contributed by atoms with Gasteiger partial charge >= 0.3 is 0 Å². The molecule has 0 spiro atoms. The predicted octanol–water partition coefficient (Wildman–Crippen LogP) is 1.69. The number of anilines is 1. The number of hydrogen-bond donors (Lipinski definition) is 0. The van der Waals surface area contributed by atoms with Crippen LogP contribution in [0.5, 0.6) is 0 Å². The number of morpholine rings is 1. The first-order chi connectivity index (χ1) is 10.1. The van der Waals surface area contributed by atoms with E-state index < -0.39 is 0 Å². The van der Waals surface area contributed by atoms with Crippen LogP contribution in [-0.2, 0) is 4.74 Å². The third kappa shape index (κ3) is 3.49. The van der Waals surface area contributed by atoms with Gasteiger partial charge in [0, 0.05) is 32.2 Å². The van der Waals surface area contributed by atoms with Crippen molar-refractivity contribution in [2.75, 3.05) is 31.1 Å². The molecular weight excluding hydrogens is 271 g/mol. The van der Waals surface area contributed by atoms with Crippen LogP contribution in [0.3, 0.4) is 0 Å². The van der Waals surface area contributed by atoms with E-state index in [2.05, 4.69) is 33.6 Å². The Hall–Kier alpha value is -1.27. The second-order valence-electron chi connectivity index (χ2n) is 6.17. The van der Waals surface area contributed by atoms with Gasteiger partial charge in [-0.1, -0.05) is 0 Å².